The summed E-state index contributed by atoms with van der Waals surface area (Å²) in [7, 11) is 0. The second-order valence-corrected chi connectivity index (χ2v) is 7.52. The van der Waals surface area contributed by atoms with Crippen LogP contribution >= 0.6 is 11.6 Å². The van der Waals surface area contributed by atoms with Crippen molar-refractivity contribution in [1.82, 2.24) is 0 Å². The molecule has 4 aromatic carbocycles. The number of benzene rings is 4. The normalized spacial score (nSPS) is 18.3. The van der Waals surface area contributed by atoms with Crippen LogP contribution in [0.1, 0.15) is 22.3 Å². The van der Waals surface area contributed by atoms with Crippen molar-refractivity contribution in [2.45, 2.75) is 5.41 Å². The maximum atomic E-state index is 6.46. The van der Waals surface area contributed by atoms with Crippen molar-refractivity contribution >= 4 is 11.6 Å². The van der Waals surface area contributed by atoms with Crippen LogP contribution in [0.25, 0.3) is 11.1 Å². The Hall–Kier alpha value is -3.03. The van der Waals surface area contributed by atoms with Crippen LogP contribution in [0.2, 0.25) is 5.02 Å². The highest BCUT2D eigenvalue weighted by atomic mass is 35.5. The minimum Gasteiger partial charge on any atom is -0.457 e. The topological polar surface area (TPSA) is 9.23 Å². The Kier molecular flexibility index (Phi) is 2.93. The van der Waals surface area contributed by atoms with Gasteiger partial charge in [-0.25, -0.2) is 0 Å². The third kappa shape index (κ3) is 1.80. The van der Waals surface area contributed by atoms with Crippen LogP contribution in [0.4, 0.5) is 0 Å². The molecule has 0 bridgehead atoms. The van der Waals surface area contributed by atoms with Gasteiger partial charge in [-0.15, -0.1) is 0 Å². The van der Waals surface area contributed by atoms with Crippen molar-refractivity contribution in [2.75, 3.05) is 0 Å². The molecule has 1 aliphatic heterocycles. The van der Waals surface area contributed by atoms with Crippen LogP contribution in [0.3, 0.4) is 0 Å². The Morgan fingerprint density at radius 1 is 0.630 bits per heavy atom. The van der Waals surface area contributed by atoms with Gasteiger partial charge in [0, 0.05) is 16.1 Å². The molecule has 0 spiro atoms. The fourth-order valence-corrected chi connectivity index (χ4v) is 5.01. The van der Waals surface area contributed by atoms with Crippen LogP contribution in [0.5, 0.6) is 11.5 Å². The first-order chi connectivity index (χ1) is 13.3. The molecule has 1 nitrogen and oxygen atoms in total. The summed E-state index contributed by atoms with van der Waals surface area (Å²) in [6.07, 6.45) is 0. The first kappa shape index (κ1) is 15.1. The third-order valence-corrected chi connectivity index (χ3v) is 6.03. The van der Waals surface area contributed by atoms with E-state index in [0.29, 0.717) is 0 Å². The Labute approximate surface area is 162 Å². The van der Waals surface area contributed by atoms with Crippen molar-refractivity contribution in [2.24, 2.45) is 0 Å². The lowest BCUT2D eigenvalue weighted by atomic mass is 9.66. The van der Waals surface area contributed by atoms with Crippen molar-refractivity contribution in [3.8, 4) is 22.6 Å². The maximum Gasteiger partial charge on any atom is 0.132 e. The van der Waals surface area contributed by atoms with Crippen LogP contribution in [0.15, 0.2) is 91.0 Å². The van der Waals surface area contributed by atoms with E-state index >= 15 is 0 Å². The highest BCUT2D eigenvalue weighted by Crippen LogP contribution is 2.63. The molecule has 4 aromatic rings. The zero-order valence-corrected chi connectivity index (χ0v) is 15.2. The lowest BCUT2D eigenvalue weighted by Crippen LogP contribution is -2.31. The molecule has 2 aliphatic rings. The Morgan fingerprint density at radius 2 is 1.41 bits per heavy atom. The average Bonchev–Trinajstić information content (AvgIpc) is 3.03. The summed E-state index contributed by atoms with van der Waals surface area (Å²) < 4.78 is 6.34. The number of fused-ring (bicyclic) bond motifs is 5. The summed E-state index contributed by atoms with van der Waals surface area (Å²) in [5.41, 5.74) is 6.91. The fraction of sp³-hybridized carbons (Fsp3) is 0.0400. The summed E-state index contributed by atoms with van der Waals surface area (Å²) in [6.45, 7) is 0. The molecule has 0 aromatic heterocycles. The second kappa shape index (κ2) is 5.25. The minimum atomic E-state index is -0.414. The van der Waals surface area contributed by atoms with Gasteiger partial charge in [0.05, 0.1) is 5.41 Å². The molecule has 128 valence electrons. The van der Waals surface area contributed by atoms with Gasteiger partial charge in [-0.3, -0.25) is 0 Å². The van der Waals surface area contributed by atoms with Crippen LogP contribution in [-0.2, 0) is 5.41 Å². The van der Waals surface area contributed by atoms with E-state index in [1.165, 1.54) is 27.8 Å². The number of hydrogen-bond donors (Lipinski definition) is 0. The Morgan fingerprint density at radius 3 is 2.30 bits per heavy atom. The first-order valence-corrected chi connectivity index (χ1v) is 9.45. The summed E-state index contributed by atoms with van der Waals surface area (Å²) in [6, 6.07) is 31.6. The van der Waals surface area contributed by atoms with Crippen LogP contribution < -0.4 is 4.74 Å². The van der Waals surface area contributed by atoms with E-state index in [1.807, 2.05) is 12.1 Å². The summed E-state index contributed by atoms with van der Waals surface area (Å²) in [5.74, 6) is 1.78. The smallest absolute Gasteiger partial charge is 0.132 e. The van der Waals surface area contributed by atoms with Gasteiger partial charge in [0.15, 0.2) is 0 Å². The summed E-state index contributed by atoms with van der Waals surface area (Å²) in [5, 5.41) is 0.720. The molecule has 0 fully saturated rings. The van der Waals surface area contributed by atoms with Gasteiger partial charge in [0.25, 0.3) is 0 Å². The predicted octanol–water partition coefficient (Wildman–Crippen LogP) is 6.81. The molecule has 0 saturated heterocycles. The van der Waals surface area contributed by atoms with Crippen LogP contribution in [-0.4, -0.2) is 0 Å². The molecule has 27 heavy (non-hydrogen) atoms. The van der Waals surface area contributed by atoms with Gasteiger partial charge in [0.1, 0.15) is 11.5 Å². The van der Waals surface area contributed by atoms with Gasteiger partial charge in [0.2, 0.25) is 0 Å². The molecular weight excluding hydrogens is 352 g/mol. The number of hydrogen-bond acceptors (Lipinski definition) is 1. The number of rotatable bonds is 1. The van der Waals surface area contributed by atoms with Crippen LogP contribution in [0, 0.1) is 0 Å². The van der Waals surface area contributed by atoms with Gasteiger partial charge >= 0.3 is 0 Å². The quantitative estimate of drug-likeness (QED) is 0.310. The molecule has 6 rings (SSSR count). The van der Waals surface area contributed by atoms with Crippen molar-refractivity contribution < 1.29 is 4.74 Å². The number of ether oxygens (including phenoxy) is 1. The standard InChI is InChI=1S/C25H15ClO/c26-17-13-14-22-21(15-17)25(16-7-2-1-3-8-16)20-11-5-4-9-18(20)19-10-6-12-23(27-22)24(19)25/h1-15H. The monoisotopic (exact) mass is 366 g/mol. The van der Waals surface area contributed by atoms with E-state index in [2.05, 4.69) is 78.9 Å². The Balaban J connectivity index is 1.87. The van der Waals surface area contributed by atoms with Gasteiger partial charge in [-0.05, 0) is 46.5 Å². The zero-order chi connectivity index (χ0) is 18.0. The van der Waals surface area contributed by atoms with Crippen molar-refractivity contribution in [1.29, 1.82) is 0 Å². The molecule has 1 atom stereocenters. The molecule has 0 radical (unpaired) electrons. The average molecular weight is 367 g/mol. The van der Waals surface area contributed by atoms with E-state index in [9.17, 15) is 0 Å². The zero-order valence-electron chi connectivity index (χ0n) is 14.4. The van der Waals surface area contributed by atoms with Gasteiger partial charge < -0.3 is 4.74 Å². The van der Waals surface area contributed by atoms with Crippen molar-refractivity contribution in [3.05, 3.63) is 118 Å². The lowest BCUT2D eigenvalue weighted by molar-refractivity contribution is 0.438. The van der Waals surface area contributed by atoms with Gasteiger partial charge in [-0.2, -0.15) is 0 Å². The van der Waals surface area contributed by atoms with Gasteiger partial charge in [-0.1, -0.05) is 78.3 Å². The van der Waals surface area contributed by atoms with E-state index in [1.54, 1.807) is 0 Å². The fourth-order valence-electron chi connectivity index (χ4n) is 4.83. The summed E-state index contributed by atoms with van der Waals surface area (Å²) >= 11 is 6.46. The molecule has 0 N–H and O–H groups in total. The molecule has 1 unspecified atom stereocenters. The number of halogens is 1. The predicted molar refractivity (Wildman–Crippen MR) is 109 cm³/mol. The van der Waals surface area contributed by atoms with E-state index in [-0.39, 0.29) is 0 Å². The highest BCUT2D eigenvalue weighted by molar-refractivity contribution is 6.30. The van der Waals surface area contributed by atoms with E-state index in [0.717, 1.165) is 22.1 Å². The molecule has 1 heterocycles. The maximum absolute atomic E-state index is 6.46. The highest BCUT2D eigenvalue weighted by Gasteiger charge is 2.51. The summed E-state index contributed by atoms with van der Waals surface area (Å²) in [4.78, 5) is 0. The third-order valence-electron chi connectivity index (χ3n) is 5.79. The second-order valence-electron chi connectivity index (χ2n) is 7.08. The molecule has 0 amide bonds. The molecule has 0 saturated carbocycles. The molecule has 1 aliphatic carbocycles. The first-order valence-electron chi connectivity index (χ1n) is 9.07. The van der Waals surface area contributed by atoms with Crippen molar-refractivity contribution in [3.63, 3.8) is 0 Å². The van der Waals surface area contributed by atoms with E-state index < -0.39 is 5.41 Å². The molecule has 2 heteroatoms. The SMILES string of the molecule is Clc1ccc2c(c1)C1(c3ccccc3)c3ccccc3-c3cccc(c31)O2. The lowest BCUT2D eigenvalue weighted by Gasteiger charge is -2.39. The molecular formula is C25H15ClO. The minimum absolute atomic E-state index is 0.414. The van der Waals surface area contributed by atoms with E-state index in [4.69, 9.17) is 16.3 Å². The Bertz CT molecular complexity index is 1210. The largest absolute Gasteiger partial charge is 0.457 e.